The zero-order chi connectivity index (χ0) is 17.7. The first kappa shape index (κ1) is 18.7. The third-order valence-electron chi connectivity index (χ3n) is 4.99. The summed E-state index contributed by atoms with van der Waals surface area (Å²) in [6.45, 7) is 8.79. The molecule has 0 saturated heterocycles. The van der Waals surface area contributed by atoms with Crippen LogP contribution in [0.5, 0.6) is 0 Å². The van der Waals surface area contributed by atoms with Crippen LogP contribution in [0.3, 0.4) is 0 Å². The molecule has 2 rings (SSSR count). The summed E-state index contributed by atoms with van der Waals surface area (Å²) in [5.41, 5.74) is 12.9. The fourth-order valence-electron chi connectivity index (χ4n) is 3.78. The molecule has 0 radical (unpaired) electrons. The van der Waals surface area contributed by atoms with E-state index in [0.29, 0.717) is 0 Å². The minimum absolute atomic E-state index is 0.871. The summed E-state index contributed by atoms with van der Waals surface area (Å²) >= 11 is 0. The molecule has 3 nitrogen and oxygen atoms in total. The molecule has 130 valence electrons. The largest absolute Gasteiger partial charge is 0.294 e. The lowest BCUT2D eigenvalue weighted by molar-refractivity contribution is -0.0164. The van der Waals surface area contributed by atoms with E-state index < -0.39 is 5.72 Å². The van der Waals surface area contributed by atoms with Gasteiger partial charge < -0.3 is 0 Å². The topological polar surface area (TPSA) is 61.3 Å². The lowest BCUT2D eigenvalue weighted by Crippen LogP contribution is -2.44. The quantitative estimate of drug-likeness (QED) is 0.597. The van der Waals surface area contributed by atoms with Crippen LogP contribution in [-0.4, -0.2) is 0 Å². The van der Waals surface area contributed by atoms with Crippen molar-refractivity contribution >= 4 is 0 Å². The number of hydrogen-bond donors (Lipinski definition) is 2. The summed E-state index contributed by atoms with van der Waals surface area (Å²) in [6, 6.07) is 12.0. The number of aryl methyl sites for hydroxylation is 1. The van der Waals surface area contributed by atoms with Crippen molar-refractivity contribution in [2.45, 2.75) is 59.1 Å². The zero-order valence-corrected chi connectivity index (χ0v) is 15.4. The van der Waals surface area contributed by atoms with Gasteiger partial charge >= 0.3 is 0 Å². The number of rotatable bonds is 7. The first-order valence-corrected chi connectivity index (χ1v) is 8.96. The smallest absolute Gasteiger partial charge is 0.189 e. The zero-order valence-electron chi connectivity index (χ0n) is 15.4. The fraction of sp³-hybridized carbons (Fsp3) is 0.429. The second-order valence-electron chi connectivity index (χ2n) is 6.15. The molecule has 0 spiro atoms. The molecule has 3 heteroatoms. The predicted octanol–water partition coefficient (Wildman–Crippen LogP) is 3.99. The third kappa shape index (κ3) is 3.12. The number of hydrogen-bond acceptors (Lipinski definition) is 3. The Bertz CT molecular complexity index is 682. The van der Waals surface area contributed by atoms with Gasteiger partial charge in [0.15, 0.2) is 5.72 Å². The average molecular weight is 326 g/mol. The lowest BCUT2D eigenvalue weighted by atomic mass is 9.81. The second kappa shape index (κ2) is 7.93. The van der Waals surface area contributed by atoms with Crippen molar-refractivity contribution in [1.82, 2.24) is 0 Å². The molecular formula is C21H30N2O. The molecule has 1 atom stereocenters. The highest BCUT2D eigenvalue weighted by Gasteiger charge is 2.34. The molecule has 1 unspecified atom stereocenters. The van der Waals surface area contributed by atoms with Crippen LogP contribution < -0.4 is 11.6 Å². The minimum Gasteiger partial charge on any atom is -0.294 e. The maximum absolute atomic E-state index is 6.71. The summed E-state index contributed by atoms with van der Waals surface area (Å²) in [4.78, 5) is 5.40. The van der Waals surface area contributed by atoms with Crippen LogP contribution in [-0.2, 0) is 36.2 Å². The average Bonchev–Trinajstić information content (AvgIpc) is 2.65. The molecule has 0 fully saturated rings. The lowest BCUT2D eigenvalue weighted by Gasteiger charge is -2.32. The van der Waals surface area contributed by atoms with Gasteiger partial charge in [-0.1, -0.05) is 64.1 Å². The molecular weight excluding hydrogens is 296 g/mol. The van der Waals surface area contributed by atoms with Gasteiger partial charge in [-0.2, -0.15) is 0 Å². The van der Waals surface area contributed by atoms with Crippen LogP contribution in [0.4, 0.5) is 0 Å². The Labute approximate surface area is 146 Å². The number of nitrogens with two attached hydrogens (primary N) is 2. The van der Waals surface area contributed by atoms with Crippen LogP contribution in [0.1, 0.15) is 61.1 Å². The van der Waals surface area contributed by atoms with Crippen molar-refractivity contribution in [2.24, 2.45) is 11.6 Å². The maximum atomic E-state index is 6.71. The maximum Gasteiger partial charge on any atom is 0.189 e. The molecule has 2 aromatic carbocycles. The van der Waals surface area contributed by atoms with Gasteiger partial charge in [-0.25, -0.2) is 5.90 Å². The predicted molar refractivity (Wildman–Crippen MR) is 101 cm³/mol. The molecule has 2 aromatic rings. The van der Waals surface area contributed by atoms with Crippen molar-refractivity contribution in [3.05, 3.63) is 69.8 Å². The van der Waals surface area contributed by atoms with Gasteiger partial charge in [0.25, 0.3) is 0 Å². The normalized spacial score (nSPS) is 13.8. The van der Waals surface area contributed by atoms with E-state index in [2.05, 4.69) is 33.8 Å². The molecule has 4 N–H and O–H groups in total. The molecule has 0 saturated carbocycles. The highest BCUT2D eigenvalue weighted by atomic mass is 16.6. The second-order valence-corrected chi connectivity index (χ2v) is 6.15. The highest BCUT2D eigenvalue weighted by molar-refractivity contribution is 5.51. The molecule has 0 aliphatic heterocycles. The van der Waals surface area contributed by atoms with E-state index in [9.17, 15) is 0 Å². The summed E-state index contributed by atoms with van der Waals surface area (Å²) in [5.74, 6) is 5.72. The molecule has 24 heavy (non-hydrogen) atoms. The van der Waals surface area contributed by atoms with E-state index in [1.807, 2.05) is 30.3 Å². The van der Waals surface area contributed by atoms with Crippen molar-refractivity contribution in [3.63, 3.8) is 0 Å². The number of benzene rings is 2. The van der Waals surface area contributed by atoms with E-state index in [1.54, 1.807) is 0 Å². The van der Waals surface area contributed by atoms with Gasteiger partial charge in [0, 0.05) is 11.1 Å². The van der Waals surface area contributed by atoms with E-state index >= 15 is 0 Å². The summed E-state index contributed by atoms with van der Waals surface area (Å²) in [7, 11) is 0. The van der Waals surface area contributed by atoms with E-state index in [1.165, 1.54) is 22.3 Å². The van der Waals surface area contributed by atoms with Crippen molar-refractivity contribution in [1.29, 1.82) is 0 Å². The summed E-state index contributed by atoms with van der Waals surface area (Å²) in [6.07, 6.45) is 3.90. The van der Waals surface area contributed by atoms with Gasteiger partial charge in [-0.15, -0.1) is 0 Å². The summed E-state index contributed by atoms with van der Waals surface area (Å²) < 4.78 is 0. The standard InChI is InChI=1S/C21H30N2O/c1-5-15-14-20(19(8-4)18(7-3)17(15)6-2)21(22,24-23)16-12-10-9-11-13-16/h9-14H,5-8,22-23H2,1-4H3. The van der Waals surface area contributed by atoms with Crippen LogP contribution in [0, 0.1) is 0 Å². The fourth-order valence-corrected chi connectivity index (χ4v) is 3.78. The molecule has 0 aliphatic rings. The summed E-state index contributed by atoms with van der Waals surface area (Å²) in [5, 5.41) is 0. The van der Waals surface area contributed by atoms with Crippen LogP contribution in [0.15, 0.2) is 36.4 Å². The van der Waals surface area contributed by atoms with E-state index in [0.717, 1.165) is 36.8 Å². The Hall–Kier alpha value is -1.68. The Morgan fingerprint density at radius 3 is 1.88 bits per heavy atom. The van der Waals surface area contributed by atoms with Gasteiger partial charge in [0.05, 0.1) is 0 Å². The molecule has 0 heterocycles. The van der Waals surface area contributed by atoms with Gasteiger partial charge in [0.2, 0.25) is 0 Å². The Balaban J connectivity index is 2.81. The van der Waals surface area contributed by atoms with Crippen molar-refractivity contribution in [2.75, 3.05) is 0 Å². The minimum atomic E-state index is -1.13. The van der Waals surface area contributed by atoms with Gasteiger partial charge in [-0.05, 0) is 47.9 Å². The van der Waals surface area contributed by atoms with Gasteiger partial charge in [-0.3, -0.25) is 10.6 Å². The van der Waals surface area contributed by atoms with Crippen LogP contribution >= 0.6 is 0 Å². The molecule has 0 aromatic heterocycles. The van der Waals surface area contributed by atoms with E-state index in [4.69, 9.17) is 16.5 Å². The molecule has 0 amide bonds. The monoisotopic (exact) mass is 326 g/mol. The Morgan fingerprint density at radius 2 is 1.42 bits per heavy atom. The third-order valence-corrected chi connectivity index (χ3v) is 4.99. The first-order valence-electron chi connectivity index (χ1n) is 8.96. The van der Waals surface area contributed by atoms with E-state index in [-0.39, 0.29) is 0 Å². The highest BCUT2D eigenvalue weighted by Crippen LogP contribution is 2.35. The van der Waals surface area contributed by atoms with Crippen LogP contribution in [0.2, 0.25) is 0 Å². The SMILES string of the molecule is CCc1cc(C(N)(ON)c2ccccc2)c(CC)c(CC)c1CC. The van der Waals surface area contributed by atoms with Gasteiger partial charge in [0.1, 0.15) is 0 Å². The molecule has 0 aliphatic carbocycles. The Kier molecular flexibility index (Phi) is 6.16. The molecule has 0 bridgehead atoms. The Morgan fingerprint density at radius 1 is 0.833 bits per heavy atom. The first-order chi connectivity index (χ1) is 11.6. The van der Waals surface area contributed by atoms with Crippen molar-refractivity contribution < 1.29 is 4.84 Å². The van der Waals surface area contributed by atoms with Crippen molar-refractivity contribution in [3.8, 4) is 0 Å². The van der Waals surface area contributed by atoms with Crippen LogP contribution in [0.25, 0.3) is 0 Å².